The maximum atomic E-state index is 6.44. The van der Waals surface area contributed by atoms with Gasteiger partial charge in [-0.1, -0.05) is 48.5 Å². The van der Waals surface area contributed by atoms with E-state index in [1.54, 1.807) is 7.11 Å². The van der Waals surface area contributed by atoms with E-state index < -0.39 is 0 Å². The highest BCUT2D eigenvalue weighted by Gasteiger charge is 2.27. The van der Waals surface area contributed by atoms with Crippen LogP contribution >= 0.6 is 0 Å². The van der Waals surface area contributed by atoms with Crippen LogP contribution in [0.1, 0.15) is 42.9 Å². The van der Waals surface area contributed by atoms with E-state index in [-0.39, 0.29) is 6.04 Å². The quantitative estimate of drug-likeness (QED) is 0.601. The lowest BCUT2D eigenvalue weighted by Gasteiger charge is -2.36. The fraction of sp³-hybridized carbons (Fsp3) is 0.407. The number of piperazine rings is 1. The predicted octanol–water partition coefficient (Wildman–Crippen LogP) is 5.16. The van der Waals surface area contributed by atoms with Crippen molar-refractivity contribution in [2.75, 3.05) is 33.3 Å². The Labute approximate surface area is 185 Å². The van der Waals surface area contributed by atoms with Gasteiger partial charge in [-0.2, -0.15) is 0 Å². The van der Waals surface area contributed by atoms with Crippen molar-refractivity contribution in [2.45, 2.75) is 37.8 Å². The van der Waals surface area contributed by atoms with Crippen molar-refractivity contribution < 1.29 is 9.47 Å². The average Bonchev–Trinajstić information content (AvgIpc) is 3.33. The Morgan fingerprint density at radius 2 is 1.68 bits per heavy atom. The highest BCUT2D eigenvalue weighted by molar-refractivity contribution is 5.86. The molecule has 0 amide bonds. The molecule has 1 N–H and O–H groups in total. The lowest BCUT2D eigenvalue weighted by atomic mass is 9.91. The highest BCUT2D eigenvalue weighted by Crippen LogP contribution is 2.39. The van der Waals surface area contributed by atoms with Gasteiger partial charge in [-0.05, 0) is 59.7 Å². The minimum Gasteiger partial charge on any atom is -0.493 e. The second-order valence-electron chi connectivity index (χ2n) is 8.69. The van der Waals surface area contributed by atoms with Gasteiger partial charge in [0.2, 0.25) is 0 Å². The number of rotatable bonds is 6. The topological polar surface area (TPSA) is 33.7 Å². The van der Waals surface area contributed by atoms with E-state index in [0.717, 1.165) is 50.5 Å². The molecule has 3 aromatic carbocycles. The zero-order valence-corrected chi connectivity index (χ0v) is 18.3. The molecule has 3 aromatic rings. The smallest absolute Gasteiger partial charge is 0.161 e. The standard InChI is InChI=1S/C27H32N2O2/c1-30-25-14-13-21(19-26(25)31-22-9-3-4-10-22)27(29-17-15-28-16-18-29)24-12-6-8-20-7-2-5-11-23(20)24/h2,5-8,11-14,19,22,27-28H,3-4,9-10,15-18H2,1H3/t27-/m0/s1. The van der Waals surface area contributed by atoms with Crippen LogP contribution in [0.4, 0.5) is 0 Å². The SMILES string of the molecule is COc1ccc([C@@H](c2cccc3ccccc23)N2CCNCC2)cc1OC1CCCC1. The first kappa shape index (κ1) is 20.3. The van der Waals surface area contributed by atoms with Crippen LogP contribution in [0, 0.1) is 0 Å². The van der Waals surface area contributed by atoms with Crippen LogP contribution in [-0.4, -0.2) is 44.3 Å². The Morgan fingerprint density at radius 1 is 0.903 bits per heavy atom. The summed E-state index contributed by atoms with van der Waals surface area (Å²) in [7, 11) is 1.73. The molecule has 1 aliphatic carbocycles. The number of hydrogen-bond donors (Lipinski definition) is 1. The summed E-state index contributed by atoms with van der Waals surface area (Å²) in [6.45, 7) is 4.09. The van der Waals surface area contributed by atoms with Gasteiger partial charge < -0.3 is 14.8 Å². The van der Waals surface area contributed by atoms with Crippen molar-refractivity contribution in [3.8, 4) is 11.5 Å². The molecule has 162 valence electrons. The van der Waals surface area contributed by atoms with Crippen LogP contribution in [0.15, 0.2) is 60.7 Å². The predicted molar refractivity (Wildman–Crippen MR) is 126 cm³/mol. The molecule has 0 radical (unpaired) electrons. The van der Waals surface area contributed by atoms with Gasteiger partial charge in [0.15, 0.2) is 11.5 Å². The monoisotopic (exact) mass is 416 g/mol. The lowest BCUT2D eigenvalue weighted by molar-refractivity contribution is 0.192. The van der Waals surface area contributed by atoms with Crippen LogP contribution < -0.4 is 14.8 Å². The summed E-state index contributed by atoms with van der Waals surface area (Å²) >= 11 is 0. The highest BCUT2D eigenvalue weighted by atomic mass is 16.5. The number of fused-ring (bicyclic) bond motifs is 1. The van der Waals surface area contributed by atoms with E-state index in [2.05, 4.69) is 70.9 Å². The Bertz CT molecular complexity index is 1020. The number of nitrogens with zero attached hydrogens (tertiary/aromatic N) is 1. The van der Waals surface area contributed by atoms with Crippen molar-refractivity contribution in [3.05, 3.63) is 71.8 Å². The van der Waals surface area contributed by atoms with Gasteiger partial charge in [-0.25, -0.2) is 0 Å². The van der Waals surface area contributed by atoms with E-state index in [9.17, 15) is 0 Å². The lowest BCUT2D eigenvalue weighted by Crippen LogP contribution is -2.45. The Hall–Kier alpha value is -2.56. The van der Waals surface area contributed by atoms with Crippen LogP contribution in [0.2, 0.25) is 0 Å². The molecule has 2 fully saturated rings. The first-order valence-electron chi connectivity index (χ1n) is 11.6. The molecule has 31 heavy (non-hydrogen) atoms. The van der Waals surface area contributed by atoms with E-state index in [4.69, 9.17) is 9.47 Å². The molecule has 1 saturated heterocycles. The number of methoxy groups -OCH3 is 1. The maximum absolute atomic E-state index is 6.44. The molecule has 0 spiro atoms. The van der Waals surface area contributed by atoms with E-state index >= 15 is 0 Å². The van der Waals surface area contributed by atoms with E-state index in [1.807, 2.05) is 0 Å². The van der Waals surface area contributed by atoms with Gasteiger partial charge in [0, 0.05) is 26.2 Å². The molecule has 1 atom stereocenters. The minimum atomic E-state index is 0.185. The molecule has 1 saturated carbocycles. The number of nitrogens with one attached hydrogen (secondary N) is 1. The first-order chi connectivity index (χ1) is 15.3. The molecule has 0 aromatic heterocycles. The zero-order valence-electron chi connectivity index (χ0n) is 18.3. The molecule has 0 unspecified atom stereocenters. The average molecular weight is 417 g/mol. The zero-order chi connectivity index (χ0) is 21.0. The molecular formula is C27H32N2O2. The van der Waals surface area contributed by atoms with Gasteiger partial charge in [0.1, 0.15) is 0 Å². The summed E-state index contributed by atoms with van der Waals surface area (Å²) < 4.78 is 12.1. The molecule has 4 nitrogen and oxygen atoms in total. The first-order valence-corrected chi connectivity index (χ1v) is 11.6. The largest absolute Gasteiger partial charge is 0.493 e. The van der Waals surface area contributed by atoms with Gasteiger partial charge in [-0.15, -0.1) is 0 Å². The van der Waals surface area contributed by atoms with Crippen LogP contribution in [0.5, 0.6) is 11.5 Å². The third-order valence-electron chi connectivity index (χ3n) is 6.73. The second kappa shape index (κ2) is 9.29. The molecule has 4 heteroatoms. The van der Waals surface area contributed by atoms with Crippen molar-refractivity contribution in [1.29, 1.82) is 0 Å². The third-order valence-corrected chi connectivity index (χ3v) is 6.73. The molecular weight excluding hydrogens is 384 g/mol. The fourth-order valence-corrected chi connectivity index (χ4v) is 5.16. The summed E-state index contributed by atoms with van der Waals surface area (Å²) in [6, 6.07) is 22.1. The second-order valence-corrected chi connectivity index (χ2v) is 8.69. The molecule has 1 heterocycles. The summed E-state index contributed by atoms with van der Waals surface area (Å²) in [5.41, 5.74) is 2.63. The molecule has 0 bridgehead atoms. The van der Waals surface area contributed by atoms with Crippen molar-refractivity contribution in [2.24, 2.45) is 0 Å². The van der Waals surface area contributed by atoms with E-state index in [0.29, 0.717) is 6.10 Å². The van der Waals surface area contributed by atoms with Gasteiger partial charge >= 0.3 is 0 Å². The molecule has 2 aliphatic rings. The minimum absolute atomic E-state index is 0.185. The fourth-order valence-electron chi connectivity index (χ4n) is 5.16. The van der Waals surface area contributed by atoms with Crippen LogP contribution in [-0.2, 0) is 0 Å². The third kappa shape index (κ3) is 4.28. The molecule has 5 rings (SSSR count). The van der Waals surface area contributed by atoms with Crippen molar-refractivity contribution in [3.63, 3.8) is 0 Å². The summed E-state index contributed by atoms with van der Waals surface area (Å²) in [6.07, 6.45) is 5.09. The maximum Gasteiger partial charge on any atom is 0.161 e. The van der Waals surface area contributed by atoms with Crippen molar-refractivity contribution in [1.82, 2.24) is 10.2 Å². The Balaban J connectivity index is 1.59. The number of ether oxygens (including phenoxy) is 2. The van der Waals surface area contributed by atoms with Crippen LogP contribution in [0.3, 0.4) is 0 Å². The van der Waals surface area contributed by atoms with Gasteiger partial charge in [-0.3, -0.25) is 4.90 Å². The van der Waals surface area contributed by atoms with Crippen LogP contribution in [0.25, 0.3) is 10.8 Å². The summed E-state index contributed by atoms with van der Waals surface area (Å²) in [5.74, 6) is 1.71. The van der Waals surface area contributed by atoms with Gasteiger partial charge in [0.05, 0.1) is 19.3 Å². The number of hydrogen-bond acceptors (Lipinski definition) is 4. The van der Waals surface area contributed by atoms with Crippen molar-refractivity contribution >= 4 is 10.8 Å². The van der Waals surface area contributed by atoms with Gasteiger partial charge in [0.25, 0.3) is 0 Å². The molecule has 1 aliphatic heterocycles. The summed E-state index contributed by atoms with van der Waals surface area (Å²) in [4.78, 5) is 2.60. The summed E-state index contributed by atoms with van der Waals surface area (Å²) in [5, 5.41) is 6.11. The normalized spacial score (nSPS) is 18.9. The Morgan fingerprint density at radius 3 is 2.48 bits per heavy atom. The Kier molecular flexibility index (Phi) is 6.10. The van der Waals surface area contributed by atoms with E-state index in [1.165, 1.54) is 34.7 Å². The number of benzene rings is 3.